The molecule has 0 saturated carbocycles. The van der Waals surface area contributed by atoms with Gasteiger partial charge in [0.25, 0.3) is 5.91 Å². The van der Waals surface area contributed by atoms with Crippen LogP contribution in [0.4, 0.5) is 4.79 Å². The molecule has 2 heterocycles. The lowest BCUT2D eigenvalue weighted by Crippen LogP contribution is -2.44. The predicted octanol–water partition coefficient (Wildman–Crippen LogP) is 2.68. The number of aromatic nitrogens is 1. The third kappa shape index (κ3) is 4.40. The van der Waals surface area contributed by atoms with Crippen LogP contribution in [0, 0.1) is 19.8 Å². The van der Waals surface area contributed by atoms with Crippen molar-refractivity contribution < 1.29 is 19.1 Å². The maximum absolute atomic E-state index is 12.8. The molecule has 1 atom stereocenters. The minimum Gasteiger partial charge on any atom is -0.383 e. The molecule has 1 aliphatic rings. The van der Waals surface area contributed by atoms with E-state index in [0.717, 1.165) is 22.7 Å². The van der Waals surface area contributed by atoms with Crippen LogP contribution in [0.25, 0.3) is 0 Å². The highest BCUT2D eigenvalue weighted by molar-refractivity contribution is 6.11. The number of nitrogens with one attached hydrogen (secondary N) is 1. The molecular formula is C20H31N3O4. The molecule has 0 spiro atoms. The monoisotopic (exact) mass is 377 g/mol. The van der Waals surface area contributed by atoms with Crippen LogP contribution in [-0.4, -0.2) is 53.0 Å². The van der Waals surface area contributed by atoms with E-state index in [-0.39, 0.29) is 18.2 Å². The molecule has 1 aromatic heterocycles. The molecule has 150 valence electrons. The third-order valence-electron chi connectivity index (χ3n) is 5.26. The Labute approximate surface area is 161 Å². The first-order valence-corrected chi connectivity index (χ1v) is 9.43. The number of amides is 3. The smallest absolute Gasteiger partial charge is 0.325 e. The summed E-state index contributed by atoms with van der Waals surface area (Å²) in [6.45, 7) is 10.6. The summed E-state index contributed by atoms with van der Waals surface area (Å²) in [5, 5.41) is 2.76. The normalized spacial score (nSPS) is 19.9. The molecule has 1 aliphatic heterocycles. The van der Waals surface area contributed by atoms with Crippen LogP contribution in [0.5, 0.6) is 0 Å². The van der Waals surface area contributed by atoms with Crippen molar-refractivity contribution in [2.45, 2.75) is 59.5 Å². The fourth-order valence-corrected chi connectivity index (χ4v) is 3.48. The summed E-state index contributed by atoms with van der Waals surface area (Å²) < 4.78 is 7.12. The van der Waals surface area contributed by atoms with Crippen LogP contribution in [0.15, 0.2) is 6.07 Å². The molecule has 0 aliphatic carbocycles. The quantitative estimate of drug-likeness (QED) is 0.530. The van der Waals surface area contributed by atoms with Gasteiger partial charge < -0.3 is 14.6 Å². The van der Waals surface area contributed by atoms with Crippen molar-refractivity contribution in [1.82, 2.24) is 14.8 Å². The highest BCUT2D eigenvalue weighted by Crippen LogP contribution is 2.25. The van der Waals surface area contributed by atoms with Gasteiger partial charge in [0, 0.05) is 30.6 Å². The number of urea groups is 1. The van der Waals surface area contributed by atoms with Crippen molar-refractivity contribution in [2.24, 2.45) is 5.92 Å². The second-order valence-corrected chi connectivity index (χ2v) is 7.94. The second-order valence-electron chi connectivity index (χ2n) is 7.94. The molecular weight excluding hydrogens is 346 g/mol. The molecule has 7 heteroatoms. The lowest BCUT2D eigenvalue weighted by molar-refractivity contribution is -0.130. The first kappa shape index (κ1) is 21.2. The summed E-state index contributed by atoms with van der Waals surface area (Å²) in [6, 6.07) is 1.32. The van der Waals surface area contributed by atoms with E-state index in [0.29, 0.717) is 31.1 Å². The number of ether oxygens (including phenoxy) is 1. The minimum absolute atomic E-state index is 0.233. The van der Waals surface area contributed by atoms with Gasteiger partial charge >= 0.3 is 6.03 Å². The molecule has 7 nitrogen and oxygen atoms in total. The average molecular weight is 377 g/mol. The molecule has 0 aromatic carbocycles. The first-order valence-electron chi connectivity index (χ1n) is 9.43. The first-order chi connectivity index (χ1) is 12.6. The predicted molar refractivity (Wildman–Crippen MR) is 103 cm³/mol. The molecule has 0 radical (unpaired) electrons. The lowest BCUT2D eigenvalue weighted by Gasteiger charge is -2.22. The fraction of sp³-hybridized carbons (Fsp3) is 0.650. The number of Topliss-reactive ketones (excluding diaryl/α,β-unsaturated/α-hetero) is 1. The van der Waals surface area contributed by atoms with Crippen molar-refractivity contribution in [3.63, 3.8) is 0 Å². The third-order valence-corrected chi connectivity index (χ3v) is 5.26. The molecule has 3 amide bonds. The van der Waals surface area contributed by atoms with Gasteiger partial charge in [0.1, 0.15) is 5.54 Å². The Kier molecular flexibility index (Phi) is 6.46. The van der Waals surface area contributed by atoms with Crippen molar-refractivity contribution in [3.05, 3.63) is 23.0 Å². The van der Waals surface area contributed by atoms with Gasteiger partial charge in [-0.3, -0.25) is 14.5 Å². The molecule has 2 rings (SSSR count). The minimum atomic E-state index is -0.934. The summed E-state index contributed by atoms with van der Waals surface area (Å²) in [7, 11) is 1.63. The zero-order valence-electron chi connectivity index (χ0n) is 17.2. The van der Waals surface area contributed by atoms with Crippen molar-refractivity contribution in [3.8, 4) is 0 Å². The van der Waals surface area contributed by atoms with Crippen LogP contribution < -0.4 is 5.32 Å². The average Bonchev–Trinajstić information content (AvgIpc) is 2.99. The topological polar surface area (TPSA) is 80.6 Å². The van der Waals surface area contributed by atoms with Gasteiger partial charge in [0.15, 0.2) is 5.78 Å². The maximum Gasteiger partial charge on any atom is 0.325 e. The lowest BCUT2D eigenvalue weighted by atomic mass is 9.92. The van der Waals surface area contributed by atoms with Gasteiger partial charge in [0.2, 0.25) is 0 Å². The SMILES string of the molecule is COCCn1c(C)cc(C(=O)CN2C(=O)N[C@@](C)(CCC(C)C)C2=O)c1C. The molecule has 1 aromatic rings. The summed E-state index contributed by atoms with van der Waals surface area (Å²) in [5.41, 5.74) is 1.38. The van der Waals surface area contributed by atoms with Crippen molar-refractivity contribution >= 4 is 17.7 Å². The fourth-order valence-electron chi connectivity index (χ4n) is 3.48. The van der Waals surface area contributed by atoms with Crippen LogP contribution in [0.1, 0.15) is 55.4 Å². The molecule has 1 N–H and O–H groups in total. The number of hydrogen-bond donors (Lipinski definition) is 1. The largest absolute Gasteiger partial charge is 0.383 e. The molecule has 1 fully saturated rings. The number of ketones is 1. The van der Waals surface area contributed by atoms with Gasteiger partial charge in [0.05, 0.1) is 13.2 Å². The standard InChI is InChI=1S/C20H31N3O4/c1-13(2)7-8-20(5)18(25)23(19(26)21-20)12-17(24)16-11-14(3)22(15(16)4)9-10-27-6/h11,13H,7-10,12H2,1-6H3,(H,21,26)/t20-/m0/s1. The summed E-state index contributed by atoms with van der Waals surface area (Å²) >= 11 is 0. The zero-order valence-corrected chi connectivity index (χ0v) is 17.2. The number of carbonyl (C=O) groups is 3. The van der Waals surface area contributed by atoms with Gasteiger partial charge in [-0.2, -0.15) is 0 Å². The number of carbonyl (C=O) groups excluding carboxylic acids is 3. The van der Waals surface area contributed by atoms with Crippen LogP contribution in [0.2, 0.25) is 0 Å². The van der Waals surface area contributed by atoms with E-state index in [9.17, 15) is 14.4 Å². The van der Waals surface area contributed by atoms with Crippen LogP contribution >= 0.6 is 0 Å². The summed E-state index contributed by atoms with van der Waals surface area (Å²) in [5.74, 6) is -0.127. The number of nitrogens with zero attached hydrogens (tertiary/aromatic N) is 2. The van der Waals surface area contributed by atoms with Crippen molar-refractivity contribution in [2.75, 3.05) is 20.3 Å². The van der Waals surface area contributed by atoms with E-state index < -0.39 is 11.6 Å². The molecule has 1 saturated heterocycles. The Balaban J connectivity index is 2.14. The summed E-state index contributed by atoms with van der Waals surface area (Å²) in [6.07, 6.45) is 1.39. The number of rotatable bonds is 9. The highest BCUT2D eigenvalue weighted by Gasteiger charge is 2.48. The Morgan fingerprint density at radius 1 is 1.30 bits per heavy atom. The van der Waals surface area contributed by atoms with Gasteiger partial charge in [-0.05, 0) is 45.6 Å². The highest BCUT2D eigenvalue weighted by atomic mass is 16.5. The summed E-state index contributed by atoms with van der Waals surface area (Å²) in [4.78, 5) is 39.0. The van der Waals surface area contributed by atoms with E-state index in [1.165, 1.54) is 0 Å². The number of hydrogen-bond acceptors (Lipinski definition) is 4. The molecule has 27 heavy (non-hydrogen) atoms. The maximum atomic E-state index is 12.8. The number of imide groups is 1. The Hall–Kier alpha value is -2.15. The Morgan fingerprint density at radius 3 is 2.56 bits per heavy atom. The molecule has 0 unspecified atom stereocenters. The van der Waals surface area contributed by atoms with Crippen LogP contribution in [0.3, 0.4) is 0 Å². The molecule has 0 bridgehead atoms. The van der Waals surface area contributed by atoms with Gasteiger partial charge in [-0.15, -0.1) is 0 Å². The Bertz CT molecular complexity index is 738. The zero-order chi connectivity index (χ0) is 20.4. The van der Waals surface area contributed by atoms with E-state index in [1.54, 1.807) is 14.0 Å². The number of aryl methyl sites for hydroxylation is 1. The van der Waals surface area contributed by atoms with Gasteiger partial charge in [-0.25, -0.2) is 4.79 Å². The van der Waals surface area contributed by atoms with E-state index in [1.807, 2.05) is 24.5 Å². The van der Waals surface area contributed by atoms with Crippen LogP contribution in [-0.2, 0) is 16.1 Å². The van der Waals surface area contributed by atoms with E-state index in [4.69, 9.17) is 4.74 Å². The van der Waals surface area contributed by atoms with E-state index in [2.05, 4.69) is 19.2 Å². The number of methoxy groups -OCH3 is 1. The van der Waals surface area contributed by atoms with Crippen molar-refractivity contribution in [1.29, 1.82) is 0 Å². The van der Waals surface area contributed by atoms with Gasteiger partial charge in [-0.1, -0.05) is 13.8 Å². The van der Waals surface area contributed by atoms with E-state index >= 15 is 0 Å². The Morgan fingerprint density at radius 2 is 1.96 bits per heavy atom. The second kappa shape index (κ2) is 8.25.